The Kier molecular flexibility index (Phi) is 5.30. The Hall–Kier alpha value is -2.14. The van der Waals surface area contributed by atoms with E-state index in [4.69, 9.17) is 0 Å². The van der Waals surface area contributed by atoms with Crippen LogP contribution in [0.15, 0.2) is 36.7 Å². The highest BCUT2D eigenvalue weighted by Gasteiger charge is 2.24. The molecule has 1 aromatic carbocycles. The van der Waals surface area contributed by atoms with E-state index in [0.717, 1.165) is 36.5 Å². The summed E-state index contributed by atoms with van der Waals surface area (Å²) in [5, 5.41) is 3.13. The second-order valence-electron chi connectivity index (χ2n) is 6.54. The lowest BCUT2D eigenvalue weighted by atomic mass is 10.1. The number of para-hydroxylation sites is 1. The van der Waals surface area contributed by atoms with Crippen LogP contribution >= 0.6 is 0 Å². The quantitative estimate of drug-likeness (QED) is 0.940. The molecule has 5 heteroatoms. The molecular weight excluding hydrogens is 300 g/mol. The van der Waals surface area contributed by atoms with Crippen molar-refractivity contribution in [1.29, 1.82) is 0 Å². The largest absolute Gasteiger partial charge is 0.351 e. The number of carbonyl (C=O) groups excluding carboxylic acids is 1. The average Bonchev–Trinajstić information content (AvgIpc) is 2.89. The summed E-state index contributed by atoms with van der Waals surface area (Å²) in [5.41, 5.74) is 2.17. The Labute approximate surface area is 143 Å². The molecule has 3 rings (SSSR count). The molecule has 1 aliphatic heterocycles. The molecule has 1 aromatic heterocycles. The molecule has 128 valence electrons. The topological polar surface area (TPSA) is 50.2 Å². The van der Waals surface area contributed by atoms with E-state index in [9.17, 15) is 4.79 Å². The number of amides is 1. The first-order valence-electron chi connectivity index (χ1n) is 8.73. The van der Waals surface area contributed by atoms with Gasteiger partial charge in [0.05, 0.1) is 11.7 Å². The molecule has 0 radical (unpaired) electrons. The SMILES string of the molecule is Cc1nccn1-c1ccccc1CNC(=O)[C@@H]1CCCCCN1C. The lowest BCUT2D eigenvalue weighted by Gasteiger charge is -2.24. The third-order valence-corrected chi connectivity index (χ3v) is 4.85. The standard InChI is InChI=1S/C19H26N4O/c1-15-20-11-13-23(15)17-9-6-5-8-16(17)14-21-19(24)18-10-4-3-7-12-22(18)2/h5-6,8-9,11,13,18H,3-4,7,10,12,14H2,1-2H3,(H,21,24)/t18-/m0/s1. The lowest BCUT2D eigenvalue weighted by Crippen LogP contribution is -2.44. The third kappa shape index (κ3) is 3.67. The summed E-state index contributed by atoms with van der Waals surface area (Å²) in [4.78, 5) is 19.1. The monoisotopic (exact) mass is 326 g/mol. The van der Waals surface area contributed by atoms with E-state index in [1.165, 1.54) is 12.8 Å². The van der Waals surface area contributed by atoms with Gasteiger partial charge in [0.15, 0.2) is 0 Å². The lowest BCUT2D eigenvalue weighted by molar-refractivity contribution is -0.126. The Morgan fingerprint density at radius 3 is 2.92 bits per heavy atom. The molecule has 24 heavy (non-hydrogen) atoms. The van der Waals surface area contributed by atoms with Crippen LogP contribution < -0.4 is 5.32 Å². The van der Waals surface area contributed by atoms with Crippen molar-refractivity contribution in [2.45, 2.75) is 45.2 Å². The van der Waals surface area contributed by atoms with E-state index >= 15 is 0 Å². The van der Waals surface area contributed by atoms with E-state index in [0.29, 0.717) is 6.54 Å². The number of nitrogens with one attached hydrogen (secondary N) is 1. The van der Waals surface area contributed by atoms with Crippen LogP contribution in [0.5, 0.6) is 0 Å². The summed E-state index contributed by atoms with van der Waals surface area (Å²) in [6.07, 6.45) is 8.23. The van der Waals surface area contributed by atoms with E-state index in [-0.39, 0.29) is 11.9 Å². The molecule has 5 nitrogen and oxygen atoms in total. The summed E-state index contributed by atoms with van der Waals surface area (Å²) in [6, 6.07) is 8.14. The fraction of sp³-hybridized carbons (Fsp3) is 0.474. The van der Waals surface area contributed by atoms with Crippen LogP contribution in [0.2, 0.25) is 0 Å². The first-order chi connectivity index (χ1) is 11.7. The van der Waals surface area contributed by atoms with Gasteiger partial charge in [-0.25, -0.2) is 4.98 Å². The summed E-state index contributed by atoms with van der Waals surface area (Å²) in [7, 11) is 2.05. The van der Waals surface area contributed by atoms with Crippen molar-refractivity contribution in [3.63, 3.8) is 0 Å². The van der Waals surface area contributed by atoms with Crippen molar-refractivity contribution in [2.24, 2.45) is 0 Å². The summed E-state index contributed by atoms with van der Waals surface area (Å²) < 4.78 is 2.05. The third-order valence-electron chi connectivity index (χ3n) is 4.85. The number of hydrogen-bond donors (Lipinski definition) is 1. The van der Waals surface area contributed by atoms with Gasteiger partial charge in [-0.15, -0.1) is 0 Å². The van der Waals surface area contributed by atoms with Crippen molar-refractivity contribution in [1.82, 2.24) is 19.8 Å². The van der Waals surface area contributed by atoms with E-state index in [1.54, 1.807) is 6.20 Å². The van der Waals surface area contributed by atoms with Crippen molar-refractivity contribution < 1.29 is 4.79 Å². The Balaban J connectivity index is 1.71. The van der Waals surface area contributed by atoms with E-state index in [2.05, 4.69) is 38.9 Å². The van der Waals surface area contributed by atoms with Crippen molar-refractivity contribution in [3.05, 3.63) is 48.0 Å². The van der Waals surface area contributed by atoms with E-state index < -0.39 is 0 Å². The smallest absolute Gasteiger partial charge is 0.237 e. The Morgan fingerprint density at radius 1 is 1.29 bits per heavy atom. The second-order valence-corrected chi connectivity index (χ2v) is 6.54. The number of aryl methyl sites for hydroxylation is 1. The highest BCUT2D eigenvalue weighted by atomic mass is 16.2. The minimum atomic E-state index is -0.00496. The number of benzene rings is 1. The van der Waals surface area contributed by atoms with E-state index in [1.807, 2.05) is 25.3 Å². The Bertz CT molecular complexity index is 694. The van der Waals surface area contributed by atoms with Gasteiger partial charge in [-0.05, 0) is 45.0 Å². The molecule has 0 spiro atoms. The number of carbonyl (C=O) groups is 1. The molecule has 1 saturated heterocycles. The molecule has 2 heterocycles. The van der Waals surface area contributed by atoms with Crippen molar-refractivity contribution in [3.8, 4) is 5.69 Å². The van der Waals surface area contributed by atoms with Gasteiger partial charge in [-0.1, -0.05) is 31.0 Å². The number of hydrogen-bond acceptors (Lipinski definition) is 3. The minimum Gasteiger partial charge on any atom is -0.351 e. The maximum absolute atomic E-state index is 12.6. The number of imidazole rings is 1. The van der Waals surface area contributed by atoms with Crippen molar-refractivity contribution >= 4 is 5.91 Å². The molecule has 0 bridgehead atoms. The van der Waals surface area contributed by atoms with Crippen LogP contribution in [0.25, 0.3) is 5.69 Å². The maximum atomic E-state index is 12.6. The molecule has 0 unspecified atom stereocenters. The molecule has 1 fully saturated rings. The fourth-order valence-corrected chi connectivity index (χ4v) is 3.41. The highest BCUT2D eigenvalue weighted by Crippen LogP contribution is 2.18. The van der Waals surface area contributed by atoms with Crippen LogP contribution in [0.3, 0.4) is 0 Å². The van der Waals surface area contributed by atoms with Gasteiger partial charge < -0.3 is 9.88 Å². The predicted molar refractivity (Wildman–Crippen MR) is 95.0 cm³/mol. The maximum Gasteiger partial charge on any atom is 0.237 e. The van der Waals surface area contributed by atoms with Gasteiger partial charge in [0, 0.05) is 18.9 Å². The first-order valence-corrected chi connectivity index (χ1v) is 8.73. The number of rotatable bonds is 4. The van der Waals surface area contributed by atoms with Crippen LogP contribution in [0, 0.1) is 6.92 Å². The minimum absolute atomic E-state index is 0.00496. The molecule has 1 aliphatic rings. The summed E-state index contributed by atoms with van der Waals surface area (Å²) >= 11 is 0. The molecular formula is C19H26N4O. The number of aromatic nitrogens is 2. The number of likely N-dealkylation sites (N-methyl/N-ethyl adjacent to an activating group) is 1. The molecule has 0 saturated carbocycles. The molecule has 1 amide bonds. The fourth-order valence-electron chi connectivity index (χ4n) is 3.41. The predicted octanol–water partition coefficient (Wildman–Crippen LogP) is 2.67. The van der Waals surface area contributed by atoms with Crippen LogP contribution in [0.4, 0.5) is 0 Å². The summed E-state index contributed by atoms with van der Waals surface area (Å²) in [6.45, 7) is 3.52. The first kappa shape index (κ1) is 16.7. The molecule has 0 aliphatic carbocycles. The zero-order valence-electron chi connectivity index (χ0n) is 14.5. The second kappa shape index (κ2) is 7.62. The summed E-state index contributed by atoms with van der Waals surface area (Å²) in [5.74, 6) is 1.08. The van der Waals surface area contributed by atoms with Crippen molar-refractivity contribution in [2.75, 3.05) is 13.6 Å². The molecule has 1 atom stereocenters. The highest BCUT2D eigenvalue weighted by molar-refractivity contribution is 5.81. The van der Waals surface area contributed by atoms with Crippen LogP contribution in [0.1, 0.15) is 37.1 Å². The zero-order chi connectivity index (χ0) is 16.9. The molecule has 2 aromatic rings. The Morgan fingerprint density at radius 2 is 2.12 bits per heavy atom. The van der Waals surface area contributed by atoms with Crippen LogP contribution in [-0.2, 0) is 11.3 Å². The van der Waals surface area contributed by atoms with Gasteiger partial charge in [0.1, 0.15) is 5.82 Å². The molecule has 1 N–H and O–H groups in total. The van der Waals surface area contributed by atoms with Gasteiger partial charge in [-0.3, -0.25) is 9.69 Å². The van der Waals surface area contributed by atoms with Gasteiger partial charge in [-0.2, -0.15) is 0 Å². The zero-order valence-corrected chi connectivity index (χ0v) is 14.5. The van der Waals surface area contributed by atoms with Crippen LogP contribution in [-0.4, -0.2) is 40.0 Å². The van der Waals surface area contributed by atoms with Gasteiger partial charge in [0.2, 0.25) is 5.91 Å². The van der Waals surface area contributed by atoms with Gasteiger partial charge in [0.25, 0.3) is 0 Å². The number of nitrogens with zero attached hydrogens (tertiary/aromatic N) is 3. The number of likely N-dealkylation sites (tertiary alicyclic amines) is 1. The average molecular weight is 326 g/mol. The van der Waals surface area contributed by atoms with Gasteiger partial charge >= 0.3 is 0 Å². The normalized spacial score (nSPS) is 19.0.